The largest absolute Gasteiger partial charge is 0.454 e. The summed E-state index contributed by atoms with van der Waals surface area (Å²) in [6.45, 7) is 1.56. The summed E-state index contributed by atoms with van der Waals surface area (Å²) in [6, 6.07) is 9.50. The molecule has 2 N–H and O–H groups in total. The summed E-state index contributed by atoms with van der Waals surface area (Å²) in [5, 5.41) is 6.07. The van der Waals surface area contributed by atoms with Gasteiger partial charge in [-0.1, -0.05) is 6.07 Å². The van der Waals surface area contributed by atoms with Gasteiger partial charge in [0.25, 0.3) is 5.91 Å². The zero-order chi connectivity index (χ0) is 17.1. The molecule has 1 aromatic heterocycles. The van der Waals surface area contributed by atoms with Crippen molar-refractivity contribution in [3.63, 3.8) is 0 Å². The molecule has 1 amide bonds. The molecule has 7 heteroatoms. The Bertz CT molecular complexity index is 757. The Hall–Kier alpha value is -2.80. The van der Waals surface area contributed by atoms with Crippen molar-refractivity contribution in [1.29, 1.82) is 0 Å². The number of amides is 1. The molecule has 1 fully saturated rings. The van der Waals surface area contributed by atoms with E-state index in [9.17, 15) is 4.79 Å². The highest BCUT2D eigenvalue weighted by molar-refractivity contribution is 5.93. The van der Waals surface area contributed by atoms with E-state index in [-0.39, 0.29) is 18.8 Å². The van der Waals surface area contributed by atoms with Crippen LogP contribution in [0, 0.1) is 0 Å². The smallest absolute Gasteiger partial charge is 0.254 e. The summed E-state index contributed by atoms with van der Waals surface area (Å²) in [5.41, 5.74) is 1.95. The highest BCUT2D eigenvalue weighted by atomic mass is 16.7. The maximum Gasteiger partial charge on any atom is 0.254 e. The van der Waals surface area contributed by atoms with E-state index < -0.39 is 0 Å². The van der Waals surface area contributed by atoms with Gasteiger partial charge in [-0.05, 0) is 42.7 Å². The van der Waals surface area contributed by atoms with Crippen LogP contribution in [0.15, 0.2) is 36.5 Å². The number of rotatable bonds is 5. The number of ether oxygens (including phenoxy) is 3. The molecule has 4 rings (SSSR count). The van der Waals surface area contributed by atoms with Gasteiger partial charge in [-0.2, -0.15) is 0 Å². The molecule has 0 bridgehead atoms. The third-order valence-corrected chi connectivity index (χ3v) is 4.17. The summed E-state index contributed by atoms with van der Waals surface area (Å²) >= 11 is 0. The number of fused-ring (bicyclic) bond motifs is 1. The zero-order valence-corrected chi connectivity index (χ0v) is 13.7. The normalized spacial score (nSPS) is 18.2. The third-order valence-electron chi connectivity index (χ3n) is 4.17. The third kappa shape index (κ3) is 3.66. The molecule has 0 aliphatic carbocycles. The van der Waals surface area contributed by atoms with Gasteiger partial charge in [0.2, 0.25) is 6.79 Å². The number of nitrogens with one attached hydrogen (secondary N) is 2. The van der Waals surface area contributed by atoms with Crippen molar-refractivity contribution in [2.75, 3.05) is 24.0 Å². The minimum absolute atomic E-state index is 0.133. The van der Waals surface area contributed by atoms with Gasteiger partial charge < -0.3 is 24.8 Å². The molecule has 0 saturated carbocycles. The number of hydrogen-bond donors (Lipinski definition) is 2. The standard InChI is InChI=1S/C18H19N3O4/c22-18(15-2-1-7-23-15)21-17-6-4-13(10-20-17)19-9-12-3-5-14-16(8-12)25-11-24-14/h3-6,8,10,15,19H,1-2,7,9,11H2,(H,20,21,22). The minimum Gasteiger partial charge on any atom is -0.454 e. The highest BCUT2D eigenvalue weighted by Gasteiger charge is 2.23. The van der Waals surface area contributed by atoms with E-state index in [4.69, 9.17) is 14.2 Å². The molecule has 2 aliphatic heterocycles. The maximum atomic E-state index is 12.0. The number of carbonyl (C=O) groups excluding carboxylic acids is 1. The van der Waals surface area contributed by atoms with Gasteiger partial charge in [0, 0.05) is 13.2 Å². The van der Waals surface area contributed by atoms with Gasteiger partial charge in [0.1, 0.15) is 11.9 Å². The Morgan fingerprint density at radius 3 is 2.92 bits per heavy atom. The second kappa shape index (κ2) is 6.98. The fourth-order valence-electron chi connectivity index (χ4n) is 2.82. The van der Waals surface area contributed by atoms with Crippen LogP contribution in [0.5, 0.6) is 11.5 Å². The van der Waals surface area contributed by atoms with Gasteiger partial charge in [0.05, 0.1) is 11.9 Å². The second-order valence-corrected chi connectivity index (χ2v) is 5.96. The first-order chi connectivity index (χ1) is 12.3. The number of pyridine rings is 1. The summed E-state index contributed by atoms with van der Waals surface area (Å²) in [4.78, 5) is 16.3. The van der Waals surface area contributed by atoms with E-state index in [1.54, 1.807) is 12.3 Å². The Balaban J connectivity index is 1.32. The number of aromatic nitrogens is 1. The first-order valence-corrected chi connectivity index (χ1v) is 8.29. The van der Waals surface area contributed by atoms with Crippen molar-refractivity contribution in [2.24, 2.45) is 0 Å². The predicted octanol–water partition coefficient (Wildman–Crippen LogP) is 2.54. The average molecular weight is 341 g/mol. The van der Waals surface area contributed by atoms with Crippen molar-refractivity contribution in [1.82, 2.24) is 4.98 Å². The Morgan fingerprint density at radius 1 is 1.20 bits per heavy atom. The lowest BCUT2D eigenvalue weighted by Gasteiger charge is -2.11. The van der Waals surface area contributed by atoms with Crippen LogP contribution in [0.25, 0.3) is 0 Å². The van der Waals surface area contributed by atoms with Crippen LogP contribution < -0.4 is 20.1 Å². The van der Waals surface area contributed by atoms with Gasteiger partial charge >= 0.3 is 0 Å². The number of anilines is 2. The molecule has 1 saturated heterocycles. The summed E-state index contributed by atoms with van der Waals surface area (Å²) in [5.74, 6) is 1.93. The summed E-state index contributed by atoms with van der Waals surface area (Å²) in [6.07, 6.45) is 3.03. The first-order valence-electron chi connectivity index (χ1n) is 8.29. The van der Waals surface area contributed by atoms with Crippen molar-refractivity contribution < 1.29 is 19.0 Å². The summed E-state index contributed by atoms with van der Waals surface area (Å²) < 4.78 is 16.0. The van der Waals surface area contributed by atoms with Crippen LogP contribution in [0.4, 0.5) is 11.5 Å². The lowest BCUT2D eigenvalue weighted by molar-refractivity contribution is -0.124. The number of nitrogens with zero attached hydrogens (tertiary/aromatic N) is 1. The van der Waals surface area contributed by atoms with Crippen molar-refractivity contribution in [3.8, 4) is 11.5 Å². The van der Waals surface area contributed by atoms with Crippen LogP contribution >= 0.6 is 0 Å². The topological polar surface area (TPSA) is 81.7 Å². The van der Waals surface area contributed by atoms with Gasteiger partial charge in [-0.15, -0.1) is 0 Å². The molecule has 0 spiro atoms. The van der Waals surface area contributed by atoms with E-state index >= 15 is 0 Å². The molecule has 0 radical (unpaired) electrons. The molecular weight excluding hydrogens is 322 g/mol. The van der Waals surface area contributed by atoms with Crippen molar-refractivity contribution in [2.45, 2.75) is 25.5 Å². The minimum atomic E-state index is -0.356. The molecule has 1 atom stereocenters. The van der Waals surface area contributed by atoms with Gasteiger partial charge in [-0.3, -0.25) is 4.79 Å². The SMILES string of the molecule is O=C(Nc1ccc(NCc2ccc3c(c2)OCO3)cn1)C1CCCO1. The number of hydrogen-bond acceptors (Lipinski definition) is 6. The summed E-state index contributed by atoms with van der Waals surface area (Å²) in [7, 11) is 0. The van der Waals surface area contributed by atoms with Gasteiger partial charge in [0.15, 0.2) is 11.5 Å². The molecule has 25 heavy (non-hydrogen) atoms. The van der Waals surface area contributed by atoms with Crippen LogP contribution in [0.1, 0.15) is 18.4 Å². The monoisotopic (exact) mass is 341 g/mol. The quantitative estimate of drug-likeness (QED) is 0.870. The Morgan fingerprint density at radius 2 is 2.12 bits per heavy atom. The lowest BCUT2D eigenvalue weighted by Crippen LogP contribution is -2.27. The fourth-order valence-corrected chi connectivity index (χ4v) is 2.82. The van der Waals surface area contributed by atoms with E-state index in [0.29, 0.717) is 19.0 Å². The Labute approximate surface area is 145 Å². The van der Waals surface area contributed by atoms with Crippen LogP contribution in [-0.2, 0) is 16.1 Å². The maximum absolute atomic E-state index is 12.0. The predicted molar refractivity (Wildman–Crippen MR) is 91.7 cm³/mol. The molecule has 2 aromatic rings. The molecule has 7 nitrogen and oxygen atoms in total. The average Bonchev–Trinajstić information content (AvgIpc) is 3.32. The van der Waals surface area contributed by atoms with Gasteiger partial charge in [-0.25, -0.2) is 4.98 Å². The van der Waals surface area contributed by atoms with E-state index in [1.165, 1.54) is 0 Å². The fraction of sp³-hybridized carbons (Fsp3) is 0.333. The zero-order valence-electron chi connectivity index (χ0n) is 13.7. The molecule has 1 unspecified atom stereocenters. The van der Waals surface area contributed by atoms with E-state index in [2.05, 4.69) is 15.6 Å². The first kappa shape index (κ1) is 15.7. The number of benzene rings is 1. The van der Waals surface area contributed by atoms with Crippen molar-refractivity contribution in [3.05, 3.63) is 42.1 Å². The van der Waals surface area contributed by atoms with Crippen LogP contribution in [-0.4, -0.2) is 30.4 Å². The molecule has 3 heterocycles. The lowest BCUT2D eigenvalue weighted by atomic mass is 10.2. The molecule has 130 valence electrons. The Kier molecular flexibility index (Phi) is 4.39. The van der Waals surface area contributed by atoms with Crippen molar-refractivity contribution >= 4 is 17.4 Å². The molecule has 1 aromatic carbocycles. The second-order valence-electron chi connectivity index (χ2n) is 5.96. The molecular formula is C18H19N3O4. The van der Waals surface area contributed by atoms with E-state index in [0.717, 1.165) is 35.6 Å². The molecule has 2 aliphatic rings. The van der Waals surface area contributed by atoms with E-state index in [1.807, 2.05) is 24.3 Å². The highest BCUT2D eigenvalue weighted by Crippen LogP contribution is 2.32. The van der Waals surface area contributed by atoms with Crippen LogP contribution in [0.2, 0.25) is 0 Å². The number of carbonyl (C=O) groups is 1. The van der Waals surface area contributed by atoms with Crippen LogP contribution in [0.3, 0.4) is 0 Å².